The molecule has 1 aliphatic heterocycles. The molecule has 132 valence electrons. The summed E-state index contributed by atoms with van der Waals surface area (Å²) in [5.41, 5.74) is 0.387. The highest BCUT2D eigenvalue weighted by Crippen LogP contribution is 2.17. The van der Waals surface area contributed by atoms with Crippen LogP contribution in [0.1, 0.15) is 36.5 Å². The molecule has 0 spiro atoms. The molecule has 0 unspecified atom stereocenters. The molecule has 1 fully saturated rings. The molecular formula is C18H25FN2O3. The van der Waals surface area contributed by atoms with Crippen LogP contribution in [-0.2, 0) is 9.53 Å². The van der Waals surface area contributed by atoms with E-state index in [0.29, 0.717) is 18.1 Å². The number of hydrogen-bond donors (Lipinski definition) is 1. The van der Waals surface area contributed by atoms with E-state index in [2.05, 4.69) is 12.2 Å². The van der Waals surface area contributed by atoms with Gasteiger partial charge in [0.2, 0.25) is 5.91 Å². The number of ether oxygens (including phenoxy) is 1. The topological polar surface area (TPSA) is 58.6 Å². The normalized spacial score (nSPS) is 17.1. The van der Waals surface area contributed by atoms with Crippen molar-refractivity contribution >= 4 is 11.8 Å². The van der Waals surface area contributed by atoms with Crippen LogP contribution in [0.2, 0.25) is 0 Å². The fourth-order valence-corrected chi connectivity index (χ4v) is 2.73. The number of rotatable bonds is 8. The Morgan fingerprint density at radius 3 is 2.79 bits per heavy atom. The van der Waals surface area contributed by atoms with Gasteiger partial charge in [0.25, 0.3) is 5.91 Å². The molecule has 1 heterocycles. The second-order valence-electron chi connectivity index (χ2n) is 6.08. The van der Waals surface area contributed by atoms with Crippen molar-refractivity contribution < 1.29 is 18.7 Å². The fourth-order valence-electron chi connectivity index (χ4n) is 2.73. The predicted molar refractivity (Wildman–Crippen MR) is 89.1 cm³/mol. The summed E-state index contributed by atoms with van der Waals surface area (Å²) in [6, 6.07) is 5.33. The summed E-state index contributed by atoms with van der Waals surface area (Å²) < 4.78 is 18.4. The first-order chi connectivity index (χ1) is 11.6. The van der Waals surface area contributed by atoms with Crippen LogP contribution < -0.4 is 5.32 Å². The summed E-state index contributed by atoms with van der Waals surface area (Å²) in [6.07, 6.45) is 2.25. The zero-order valence-electron chi connectivity index (χ0n) is 14.1. The summed E-state index contributed by atoms with van der Waals surface area (Å²) in [7, 11) is 0. The summed E-state index contributed by atoms with van der Waals surface area (Å²) in [6.45, 7) is 5.31. The van der Waals surface area contributed by atoms with Gasteiger partial charge in [0.1, 0.15) is 5.82 Å². The standard InChI is InChI=1S/C18H25FN2O3/c1-2-11-24-13-14-8-10-21(12-14)17(22)7-9-20-18(23)15-3-5-16(19)6-4-15/h3-6,14H,2,7-13H2,1H3,(H,20,23)/t14-/m1/s1. The number of carbonyl (C=O) groups excluding carboxylic acids is 2. The van der Waals surface area contributed by atoms with Crippen molar-refractivity contribution in [3.63, 3.8) is 0 Å². The van der Waals surface area contributed by atoms with Gasteiger partial charge in [0, 0.05) is 44.1 Å². The number of halogens is 1. The lowest BCUT2D eigenvalue weighted by molar-refractivity contribution is -0.130. The number of carbonyl (C=O) groups is 2. The Labute approximate surface area is 142 Å². The molecule has 1 aromatic carbocycles. The third kappa shape index (κ3) is 5.60. The third-order valence-corrected chi connectivity index (χ3v) is 4.07. The smallest absolute Gasteiger partial charge is 0.251 e. The third-order valence-electron chi connectivity index (χ3n) is 4.07. The van der Waals surface area contributed by atoms with E-state index >= 15 is 0 Å². The van der Waals surface area contributed by atoms with Crippen LogP contribution in [0.25, 0.3) is 0 Å². The predicted octanol–water partition coefficient (Wildman–Crippen LogP) is 2.22. The molecule has 1 N–H and O–H groups in total. The highest BCUT2D eigenvalue weighted by Gasteiger charge is 2.25. The first-order valence-corrected chi connectivity index (χ1v) is 8.49. The van der Waals surface area contributed by atoms with Crippen LogP contribution in [0.5, 0.6) is 0 Å². The van der Waals surface area contributed by atoms with Crippen molar-refractivity contribution in [2.45, 2.75) is 26.2 Å². The van der Waals surface area contributed by atoms with E-state index in [1.54, 1.807) is 0 Å². The van der Waals surface area contributed by atoms with Crippen LogP contribution in [0, 0.1) is 11.7 Å². The monoisotopic (exact) mass is 336 g/mol. The molecule has 0 aromatic heterocycles. The van der Waals surface area contributed by atoms with Gasteiger partial charge in [-0.1, -0.05) is 6.92 Å². The van der Waals surface area contributed by atoms with E-state index in [1.165, 1.54) is 24.3 Å². The number of benzene rings is 1. The van der Waals surface area contributed by atoms with Crippen LogP contribution in [0.3, 0.4) is 0 Å². The summed E-state index contributed by atoms with van der Waals surface area (Å²) >= 11 is 0. The van der Waals surface area contributed by atoms with Crippen molar-refractivity contribution in [2.75, 3.05) is 32.8 Å². The largest absolute Gasteiger partial charge is 0.381 e. The molecule has 24 heavy (non-hydrogen) atoms. The van der Waals surface area contributed by atoms with Crippen molar-refractivity contribution in [1.29, 1.82) is 0 Å². The van der Waals surface area contributed by atoms with E-state index in [0.717, 1.165) is 32.5 Å². The number of hydrogen-bond acceptors (Lipinski definition) is 3. The quantitative estimate of drug-likeness (QED) is 0.741. The van der Waals surface area contributed by atoms with Crippen LogP contribution in [0.4, 0.5) is 4.39 Å². The summed E-state index contributed by atoms with van der Waals surface area (Å²) in [4.78, 5) is 25.9. The Morgan fingerprint density at radius 2 is 2.08 bits per heavy atom. The molecular weight excluding hydrogens is 311 g/mol. The van der Waals surface area contributed by atoms with Gasteiger partial charge in [-0.15, -0.1) is 0 Å². The molecule has 0 aliphatic carbocycles. The highest BCUT2D eigenvalue weighted by molar-refractivity contribution is 5.94. The lowest BCUT2D eigenvalue weighted by Gasteiger charge is -2.17. The van der Waals surface area contributed by atoms with Crippen molar-refractivity contribution in [3.8, 4) is 0 Å². The zero-order chi connectivity index (χ0) is 17.4. The van der Waals surface area contributed by atoms with Gasteiger partial charge in [0.05, 0.1) is 6.61 Å². The molecule has 2 amide bonds. The first-order valence-electron chi connectivity index (χ1n) is 8.49. The molecule has 5 nitrogen and oxygen atoms in total. The van der Waals surface area contributed by atoms with E-state index < -0.39 is 0 Å². The Kier molecular flexibility index (Phi) is 7.18. The van der Waals surface area contributed by atoms with Crippen LogP contribution >= 0.6 is 0 Å². The number of likely N-dealkylation sites (tertiary alicyclic amines) is 1. The molecule has 1 atom stereocenters. The van der Waals surface area contributed by atoms with E-state index in [9.17, 15) is 14.0 Å². The van der Waals surface area contributed by atoms with E-state index in [-0.39, 0.29) is 30.6 Å². The van der Waals surface area contributed by atoms with Gasteiger partial charge < -0.3 is 15.0 Å². The molecule has 1 aromatic rings. The average molecular weight is 336 g/mol. The zero-order valence-corrected chi connectivity index (χ0v) is 14.1. The first kappa shape index (κ1) is 18.4. The average Bonchev–Trinajstić information content (AvgIpc) is 3.04. The Hall–Kier alpha value is -1.95. The Balaban J connectivity index is 1.66. The maximum Gasteiger partial charge on any atom is 0.251 e. The number of nitrogens with one attached hydrogen (secondary N) is 1. The molecule has 1 saturated heterocycles. The highest BCUT2D eigenvalue weighted by atomic mass is 19.1. The van der Waals surface area contributed by atoms with Gasteiger partial charge in [0.15, 0.2) is 0 Å². The van der Waals surface area contributed by atoms with Gasteiger partial charge >= 0.3 is 0 Å². The van der Waals surface area contributed by atoms with Gasteiger partial charge in [-0.05, 0) is 37.1 Å². The molecule has 2 rings (SSSR count). The SMILES string of the molecule is CCCOC[C@@H]1CCN(C(=O)CCNC(=O)c2ccc(F)cc2)C1. The minimum Gasteiger partial charge on any atom is -0.381 e. The van der Waals surface area contributed by atoms with Gasteiger partial charge in [-0.25, -0.2) is 4.39 Å². The van der Waals surface area contributed by atoms with Crippen molar-refractivity contribution in [3.05, 3.63) is 35.6 Å². The minimum atomic E-state index is -0.381. The molecule has 0 saturated carbocycles. The molecule has 0 radical (unpaired) electrons. The summed E-state index contributed by atoms with van der Waals surface area (Å²) in [5, 5.41) is 2.69. The number of nitrogens with zero attached hydrogens (tertiary/aromatic N) is 1. The molecule has 1 aliphatic rings. The maximum absolute atomic E-state index is 12.8. The minimum absolute atomic E-state index is 0.0485. The van der Waals surface area contributed by atoms with Gasteiger partial charge in [-0.2, -0.15) is 0 Å². The Morgan fingerprint density at radius 1 is 1.33 bits per heavy atom. The van der Waals surface area contributed by atoms with Crippen molar-refractivity contribution in [2.24, 2.45) is 5.92 Å². The molecule has 0 bridgehead atoms. The van der Waals surface area contributed by atoms with Crippen LogP contribution in [0.15, 0.2) is 24.3 Å². The fraction of sp³-hybridized carbons (Fsp3) is 0.556. The second-order valence-corrected chi connectivity index (χ2v) is 6.08. The summed E-state index contributed by atoms with van der Waals surface area (Å²) in [5.74, 6) is -0.218. The Bertz CT molecular complexity index is 548. The van der Waals surface area contributed by atoms with Crippen molar-refractivity contribution in [1.82, 2.24) is 10.2 Å². The lowest BCUT2D eigenvalue weighted by atomic mass is 10.1. The second kappa shape index (κ2) is 9.37. The van der Waals surface area contributed by atoms with E-state index in [4.69, 9.17) is 4.74 Å². The van der Waals surface area contributed by atoms with E-state index in [1.807, 2.05) is 4.90 Å². The number of amides is 2. The lowest BCUT2D eigenvalue weighted by Crippen LogP contribution is -2.33. The van der Waals surface area contributed by atoms with Gasteiger partial charge in [-0.3, -0.25) is 9.59 Å². The molecule has 6 heteroatoms. The van der Waals surface area contributed by atoms with Crippen LogP contribution in [-0.4, -0.2) is 49.6 Å². The maximum atomic E-state index is 12.8.